The van der Waals surface area contributed by atoms with E-state index in [9.17, 15) is 5.11 Å². The van der Waals surface area contributed by atoms with Gasteiger partial charge in [0, 0.05) is 19.2 Å². The number of ether oxygens (including phenoxy) is 1. The van der Waals surface area contributed by atoms with Crippen LogP contribution in [0.3, 0.4) is 0 Å². The van der Waals surface area contributed by atoms with Crippen molar-refractivity contribution in [1.82, 2.24) is 4.90 Å². The van der Waals surface area contributed by atoms with Gasteiger partial charge < -0.3 is 14.7 Å². The highest BCUT2D eigenvalue weighted by Gasteiger charge is 2.32. The first-order chi connectivity index (χ1) is 7.18. The van der Waals surface area contributed by atoms with Gasteiger partial charge in [-0.2, -0.15) is 0 Å². The maximum atomic E-state index is 9.79. The predicted molar refractivity (Wildman–Crippen MR) is 59.8 cm³/mol. The molecule has 1 saturated carbocycles. The van der Waals surface area contributed by atoms with Crippen LogP contribution in [0.15, 0.2) is 0 Å². The molecule has 0 radical (unpaired) electrons. The normalized spacial score (nSPS) is 41.6. The third-order valence-electron chi connectivity index (χ3n) is 4.04. The van der Waals surface area contributed by atoms with Gasteiger partial charge in [0.1, 0.15) is 0 Å². The maximum absolute atomic E-state index is 9.79. The van der Waals surface area contributed by atoms with E-state index in [2.05, 4.69) is 18.9 Å². The molecule has 4 atom stereocenters. The summed E-state index contributed by atoms with van der Waals surface area (Å²) in [6.07, 6.45) is 4.80. The average Bonchev–Trinajstić information content (AvgIpc) is 2.76. The Kier molecular flexibility index (Phi) is 3.65. The van der Waals surface area contributed by atoms with Crippen molar-refractivity contribution in [3.63, 3.8) is 0 Å². The molecule has 1 saturated heterocycles. The summed E-state index contributed by atoms with van der Waals surface area (Å²) in [5, 5.41) is 9.79. The van der Waals surface area contributed by atoms with E-state index in [1.54, 1.807) is 0 Å². The lowest BCUT2D eigenvalue weighted by Crippen LogP contribution is -2.41. The third-order valence-corrected chi connectivity index (χ3v) is 4.04. The van der Waals surface area contributed by atoms with Crippen molar-refractivity contribution >= 4 is 0 Å². The lowest BCUT2D eigenvalue weighted by Gasteiger charge is -2.30. The van der Waals surface area contributed by atoms with Crippen molar-refractivity contribution in [2.45, 2.75) is 50.9 Å². The van der Waals surface area contributed by atoms with E-state index < -0.39 is 0 Å². The van der Waals surface area contributed by atoms with E-state index in [-0.39, 0.29) is 6.10 Å². The molecule has 0 aromatic heterocycles. The van der Waals surface area contributed by atoms with E-state index in [1.807, 2.05) is 0 Å². The largest absolute Gasteiger partial charge is 0.393 e. The number of hydrogen-bond acceptors (Lipinski definition) is 3. The highest BCUT2D eigenvalue weighted by Crippen LogP contribution is 2.28. The number of likely N-dealkylation sites (N-methyl/N-ethyl adjacent to an activating group) is 1. The molecule has 0 bridgehead atoms. The van der Waals surface area contributed by atoms with Crippen LogP contribution in [0.1, 0.15) is 32.6 Å². The van der Waals surface area contributed by atoms with Crippen LogP contribution in [0, 0.1) is 5.92 Å². The molecule has 0 aromatic carbocycles. The van der Waals surface area contributed by atoms with Gasteiger partial charge in [-0.3, -0.25) is 0 Å². The van der Waals surface area contributed by atoms with Crippen LogP contribution < -0.4 is 0 Å². The topological polar surface area (TPSA) is 32.7 Å². The quantitative estimate of drug-likeness (QED) is 0.766. The molecular formula is C12H23NO2. The first kappa shape index (κ1) is 11.4. The molecule has 0 spiro atoms. The fourth-order valence-electron chi connectivity index (χ4n) is 3.03. The van der Waals surface area contributed by atoms with Crippen LogP contribution in [0.2, 0.25) is 0 Å². The molecule has 1 heterocycles. The molecule has 1 aliphatic heterocycles. The summed E-state index contributed by atoms with van der Waals surface area (Å²) in [7, 11) is 2.17. The fraction of sp³-hybridized carbons (Fsp3) is 1.00. The van der Waals surface area contributed by atoms with Crippen LogP contribution in [0.5, 0.6) is 0 Å². The van der Waals surface area contributed by atoms with Gasteiger partial charge in [-0.15, -0.1) is 0 Å². The minimum Gasteiger partial charge on any atom is -0.393 e. The molecule has 2 rings (SSSR count). The molecule has 0 aromatic rings. The zero-order valence-corrected chi connectivity index (χ0v) is 9.85. The number of hydrogen-bond donors (Lipinski definition) is 1. The molecule has 1 N–H and O–H groups in total. The van der Waals surface area contributed by atoms with E-state index in [0.717, 1.165) is 26.0 Å². The van der Waals surface area contributed by atoms with Crippen LogP contribution >= 0.6 is 0 Å². The van der Waals surface area contributed by atoms with Crippen molar-refractivity contribution in [3.05, 3.63) is 0 Å². The van der Waals surface area contributed by atoms with Gasteiger partial charge in [-0.1, -0.05) is 6.42 Å². The Morgan fingerprint density at radius 2 is 2.13 bits per heavy atom. The van der Waals surface area contributed by atoms with Crippen molar-refractivity contribution < 1.29 is 9.84 Å². The summed E-state index contributed by atoms with van der Waals surface area (Å²) in [6.45, 7) is 4.07. The monoisotopic (exact) mass is 213 g/mol. The van der Waals surface area contributed by atoms with Gasteiger partial charge in [0.05, 0.1) is 12.2 Å². The Hall–Kier alpha value is -0.120. The summed E-state index contributed by atoms with van der Waals surface area (Å²) in [5.74, 6) is 0.489. The zero-order valence-electron chi connectivity index (χ0n) is 9.85. The van der Waals surface area contributed by atoms with E-state index in [1.165, 1.54) is 12.8 Å². The van der Waals surface area contributed by atoms with Gasteiger partial charge in [-0.25, -0.2) is 0 Å². The Morgan fingerprint density at radius 1 is 1.33 bits per heavy atom. The summed E-state index contributed by atoms with van der Waals surface area (Å²) < 4.78 is 5.57. The fourth-order valence-corrected chi connectivity index (χ4v) is 3.03. The van der Waals surface area contributed by atoms with Gasteiger partial charge >= 0.3 is 0 Å². The van der Waals surface area contributed by atoms with Crippen molar-refractivity contribution in [2.75, 3.05) is 20.2 Å². The van der Waals surface area contributed by atoms with E-state index in [4.69, 9.17) is 4.74 Å². The van der Waals surface area contributed by atoms with Crippen molar-refractivity contribution in [1.29, 1.82) is 0 Å². The van der Waals surface area contributed by atoms with Crippen LogP contribution in [-0.2, 0) is 4.74 Å². The molecule has 3 nitrogen and oxygen atoms in total. The molecule has 4 unspecified atom stereocenters. The lowest BCUT2D eigenvalue weighted by molar-refractivity contribution is 0.0601. The van der Waals surface area contributed by atoms with E-state index >= 15 is 0 Å². The lowest BCUT2D eigenvalue weighted by atomic mass is 10.0. The molecular weight excluding hydrogens is 190 g/mol. The summed E-state index contributed by atoms with van der Waals surface area (Å²) in [6, 6.07) is 0.554. The first-order valence-electron chi connectivity index (χ1n) is 6.18. The molecule has 15 heavy (non-hydrogen) atoms. The minimum absolute atomic E-state index is 0.0647. The Bertz CT molecular complexity index is 210. The maximum Gasteiger partial charge on any atom is 0.0702 e. The van der Waals surface area contributed by atoms with Crippen molar-refractivity contribution in [3.8, 4) is 0 Å². The summed E-state index contributed by atoms with van der Waals surface area (Å²) >= 11 is 0. The molecule has 2 aliphatic rings. The second kappa shape index (κ2) is 4.81. The summed E-state index contributed by atoms with van der Waals surface area (Å²) in [4.78, 5) is 2.39. The SMILES string of the molecule is CC1OCCC1N(C)CC1CCCC1O. The second-order valence-corrected chi connectivity index (χ2v) is 5.13. The molecule has 3 heteroatoms. The standard InChI is InChI=1S/C12H23NO2/c1-9-11(6-7-15-9)13(2)8-10-4-3-5-12(10)14/h9-12,14H,3-8H2,1-2H3. The predicted octanol–water partition coefficient (Wildman–Crippen LogP) is 1.26. The van der Waals surface area contributed by atoms with Crippen LogP contribution in [0.25, 0.3) is 0 Å². The number of nitrogens with zero attached hydrogens (tertiary/aromatic N) is 1. The smallest absolute Gasteiger partial charge is 0.0702 e. The average molecular weight is 213 g/mol. The Morgan fingerprint density at radius 3 is 2.67 bits per heavy atom. The van der Waals surface area contributed by atoms with Crippen molar-refractivity contribution in [2.24, 2.45) is 5.92 Å². The highest BCUT2D eigenvalue weighted by atomic mass is 16.5. The van der Waals surface area contributed by atoms with Gasteiger partial charge in [0.15, 0.2) is 0 Å². The molecule has 0 amide bonds. The first-order valence-corrected chi connectivity index (χ1v) is 6.18. The highest BCUT2D eigenvalue weighted by molar-refractivity contribution is 4.85. The zero-order chi connectivity index (χ0) is 10.8. The number of aliphatic hydroxyl groups is 1. The third kappa shape index (κ3) is 2.52. The van der Waals surface area contributed by atoms with E-state index in [0.29, 0.717) is 18.1 Å². The molecule has 88 valence electrons. The molecule has 1 aliphatic carbocycles. The Balaban J connectivity index is 1.83. The minimum atomic E-state index is -0.0647. The van der Waals surface area contributed by atoms with Gasteiger partial charge in [-0.05, 0) is 39.2 Å². The van der Waals surface area contributed by atoms with Gasteiger partial charge in [0.25, 0.3) is 0 Å². The second-order valence-electron chi connectivity index (χ2n) is 5.13. The van der Waals surface area contributed by atoms with Crippen LogP contribution in [-0.4, -0.2) is 48.5 Å². The van der Waals surface area contributed by atoms with Gasteiger partial charge in [0.2, 0.25) is 0 Å². The number of aliphatic hydroxyl groups excluding tert-OH is 1. The molecule has 2 fully saturated rings. The van der Waals surface area contributed by atoms with Crippen LogP contribution in [0.4, 0.5) is 0 Å². The summed E-state index contributed by atoms with van der Waals surface area (Å²) in [5.41, 5.74) is 0. The number of rotatable bonds is 3. The Labute approximate surface area is 92.4 Å².